The van der Waals surface area contributed by atoms with Gasteiger partial charge in [0.1, 0.15) is 5.82 Å². The molecule has 0 amide bonds. The van der Waals surface area contributed by atoms with E-state index >= 15 is 0 Å². The Morgan fingerprint density at radius 1 is 1.33 bits per heavy atom. The summed E-state index contributed by atoms with van der Waals surface area (Å²) in [7, 11) is 1.36. The second-order valence-corrected chi connectivity index (χ2v) is 6.01. The van der Waals surface area contributed by atoms with Crippen molar-refractivity contribution in [3.63, 3.8) is 0 Å². The van der Waals surface area contributed by atoms with Gasteiger partial charge in [-0.25, -0.2) is 14.8 Å². The zero-order chi connectivity index (χ0) is 16.5. The Morgan fingerprint density at radius 3 is 3.00 bits per heavy atom. The number of fused-ring (bicyclic) bond motifs is 1. The average molecular weight is 322 g/mol. The molecule has 4 rings (SSSR count). The van der Waals surface area contributed by atoms with E-state index in [9.17, 15) is 4.79 Å². The van der Waals surface area contributed by atoms with E-state index < -0.39 is 5.97 Å². The van der Waals surface area contributed by atoms with Crippen LogP contribution in [0.2, 0.25) is 0 Å². The first-order chi connectivity index (χ1) is 11.7. The molecular weight excluding hydrogens is 304 g/mol. The SMILES string of the molecule is COC(=O)c1nccc2cc(NCc3cnc(C4CC4)[nH]3)ccc12. The van der Waals surface area contributed by atoms with E-state index in [0.29, 0.717) is 18.2 Å². The molecule has 1 aliphatic rings. The van der Waals surface area contributed by atoms with Crippen LogP contribution in [0.5, 0.6) is 0 Å². The zero-order valence-corrected chi connectivity index (χ0v) is 13.4. The van der Waals surface area contributed by atoms with E-state index in [2.05, 4.69) is 20.3 Å². The number of anilines is 1. The number of nitrogens with zero attached hydrogens (tertiary/aromatic N) is 2. The Morgan fingerprint density at radius 2 is 2.21 bits per heavy atom. The molecule has 2 heterocycles. The van der Waals surface area contributed by atoms with Crippen molar-refractivity contribution >= 4 is 22.4 Å². The maximum absolute atomic E-state index is 11.8. The second-order valence-electron chi connectivity index (χ2n) is 6.01. The van der Waals surface area contributed by atoms with Crippen LogP contribution in [0.4, 0.5) is 5.69 Å². The van der Waals surface area contributed by atoms with Crippen molar-refractivity contribution in [2.45, 2.75) is 25.3 Å². The van der Waals surface area contributed by atoms with Crippen molar-refractivity contribution in [1.29, 1.82) is 0 Å². The lowest BCUT2D eigenvalue weighted by Crippen LogP contribution is -2.05. The molecule has 0 atom stereocenters. The van der Waals surface area contributed by atoms with E-state index in [0.717, 1.165) is 28.0 Å². The zero-order valence-electron chi connectivity index (χ0n) is 13.4. The molecule has 3 aromatic rings. The van der Waals surface area contributed by atoms with Crippen LogP contribution in [0, 0.1) is 0 Å². The molecule has 1 aromatic carbocycles. The quantitative estimate of drug-likeness (QED) is 0.705. The molecule has 1 aliphatic carbocycles. The smallest absolute Gasteiger partial charge is 0.357 e. The highest BCUT2D eigenvalue weighted by molar-refractivity contribution is 6.03. The van der Waals surface area contributed by atoms with Crippen LogP contribution in [0.15, 0.2) is 36.7 Å². The summed E-state index contributed by atoms with van der Waals surface area (Å²) in [6.07, 6.45) is 5.99. The number of ether oxygens (including phenoxy) is 1. The standard InChI is InChI=1S/C18H18N4O2/c1-24-18(23)16-15-5-4-13(8-12(15)6-7-19-16)20-9-14-10-21-17(22-14)11-2-3-11/h4-8,10-11,20H,2-3,9H2,1H3,(H,21,22). The first-order valence-electron chi connectivity index (χ1n) is 7.99. The lowest BCUT2D eigenvalue weighted by Gasteiger charge is -2.08. The van der Waals surface area contributed by atoms with Gasteiger partial charge in [-0.05, 0) is 42.5 Å². The number of aromatic nitrogens is 3. The molecular formula is C18H18N4O2. The minimum atomic E-state index is -0.425. The number of rotatable bonds is 5. The number of hydrogen-bond donors (Lipinski definition) is 2. The minimum Gasteiger partial charge on any atom is -0.464 e. The topological polar surface area (TPSA) is 79.9 Å². The molecule has 6 nitrogen and oxygen atoms in total. The average Bonchev–Trinajstić information content (AvgIpc) is 3.37. The fourth-order valence-electron chi connectivity index (χ4n) is 2.78. The fourth-order valence-corrected chi connectivity index (χ4v) is 2.78. The molecule has 0 saturated heterocycles. The lowest BCUT2D eigenvalue weighted by atomic mass is 10.1. The Bertz CT molecular complexity index is 899. The molecule has 0 radical (unpaired) electrons. The number of H-pyrrole nitrogens is 1. The summed E-state index contributed by atoms with van der Waals surface area (Å²) < 4.78 is 4.78. The summed E-state index contributed by atoms with van der Waals surface area (Å²) >= 11 is 0. The number of pyridine rings is 1. The van der Waals surface area contributed by atoms with Crippen molar-refractivity contribution in [1.82, 2.24) is 15.0 Å². The molecule has 0 spiro atoms. The number of esters is 1. The van der Waals surface area contributed by atoms with Gasteiger partial charge in [-0.3, -0.25) is 0 Å². The maximum Gasteiger partial charge on any atom is 0.357 e. The number of methoxy groups -OCH3 is 1. The Labute approximate surface area is 139 Å². The van der Waals surface area contributed by atoms with Gasteiger partial charge < -0.3 is 15.0 Å². The van der Waals surface area contributed by atoms with Crippen molar-refractivity contribution < 1.29 is 9.53 Å². The monoisotopic (exact) mass is 322 g/mol. The third kappa shape index (κ3) is 2.82. The number of imidazole rings is 1. The summed E-state index contributed by atoms with van der Waals surface area (Å²) in [5.41, 5.74) is 2.39. The molecule has 0 aliphatic heterocycles. The van der Waals surface area contributed by atoms with Crippen LogP contribution < -0.4 is 5.32 Å². The van der Waals surface area contributed by atoms with Gasteiger partial charge in [0.05, 0.1) is 25.5 Å². The van der Waals surface area contributed by atoms with Crippen molar-refractivity contribution in [2.75, 3.05) is 12.4 Å². The summed E-state index contributed by atoms with van der Waals surface area (Å²) in [5, 5.41) is 5.11. The number of benzene rings is 1. The summed E-state index contributed by atoms with van der Waals surface area (Å²) in [4.78, 5) is 23.7. The third-order valence-corrected chi connectivity index (χ3v) is 4.24. The number of carbonyl (C=O) groups is 1. The van der Waals surface area contributed by atoms with Crippen LogP contribution in [-0.2, 0) is 11.3 Å². The Balaban J connectivity index is 1.52. The second kappa shape index (κ2) is 5.96. The number of aromatic amines is 1. The highest BCUT2D eigenvalue weighted by Crippen LogP contribution is 2.38. The van der Waals surface area contributed by atoms with Gasteiger partial charge in [-0.15, -0.1) is 0 Å². The molecule has 6 heteroatoms. The van der Waals surface area contributed by atoms with Crippen molar-refractivity contribution in [2.24, 2.45) is 0 Å². The highest BCUT2D eigenvalue weighted by Gasteiger charge is 2.26. The first kappa shape index (κ1) is 14.7. The molecule has 122 valence electrons. The van der Waals surface area contributed by atoms with Crippen LogP contribution in [0.25, 0.3) is 10.8 Å². The third-order valence-electron chi connectivity index (χ3n) is 4.24. The van der Waals surface area contributed by atoms with Gasteiger partial charge >= 0.3 is 5.97 Å². The molecule has 0 unspecified atom stereocenters. The summed E-state index contributed by atoms with van der Waals surface area (Å²) in [6, 6.07) is 7.71. The highest BCUT2D eigenvalue weighted by atomic mass is 16.5. The minimum absolute atomic E-state index is 0.337. The Kier molecular flexibility index (Phi) is 3.65. The van der Waals surface area contributed by atoms with Gasteiger partial charge in [-0.1, -0.05) is 0 Å². The number of nitrogens with one attached hydrogen (secondary N) is 2. The van der Waals surface area contributed by atoms with Gasteiger partial charge in [0.15, 0.2) is 5.69 Å². The summed E-state index contributed by atoms with van der Waals surface area (Å²) in [6.45, 7) is 0.681. The molecule has 1 saturated carbocycles. The fraction of sp³-hybridized carbons (Fsp3) is 0.278. The van der Waals surface area contributed by atoms with Crippen LogP contribution in [-0.4, -0.2) is 28.0 Å². The molecule has 2 N–H and O–H groups in total. The molecule has 24 heavy (non-hydrogen) atoms. The van der Waals surface area contributed by atoms with E-state index in [-0.39, 0.29) is 0 Å². The van der Waals surface area contributed by atoms with E-state index in [4.69, 9.17) is 4.74 Å². The summed E-state index contributed by atoms with van der Waals surface area (Å²) in [5.74, 6) is 1.30. The first-order valence-corrected chi connectivity index (χ1v) is 7.99. The van der Waals surface area contributed by atoms with E-state index in [1.807, 2.05) is 30.5 Å². The van der Waals surface area contributed by atoms with Gasteiger partial charge in [0.2, 0.25) is 0 Å². The van der Waals surface area contributed by atoms with Crippen LogP contribution >= 0.6 is 0 Å². The molecule has 1 fully saturated rings. The predicted molar refractivity (Wildman–Crippen MR) is 91.0 cm³/mol. The number of hydrogen-bond acceptors (Lipinski definition) is 5. The Hall–Kier alpha value is -2.89. The molecule has 0 bridgehead atoms. The lowest BCUT2D eigenvalue weighted by molar-refractivity contribution is 0.0596. The van der Waals surface area contributed by atoms with Gasteiger partial charge in [0, 0.05) is 23.2 Å². The van der Waals surface area contributed by atoms with Crippen molar-refractivity contribution in [3.8, 4) is 0 Å². The van der Waals surface area contributed by atoms with Gasteiger partial charge in [0.25, 0.3) is 0 Å². The largest absolute Gasteiger partial charge is 0.464 e. The normalized spacial score (nSPS) is 13.9. The number of carbonyl (C=O) groups excluding carboxylic acids is 1. The van der Waals surface area contributed by atoms with Crippen molar-refractivity contribution in [3.05, 3.63) is 53.9 Å². The maximum atomic E-state index is 11.8. The van der Waals surface area contributed by atoms with E-state index in [1.165, 1.54) is 20.0 Å². The van der Waals surface area contributed by atoms with E-state index in [1.54, 1.807) is 6.20 Å². The van der Waals surface area contributed by atoms with Gasteiger partial charge in [-0.2, -0.15) is 0 Å². The molecule has 2 aromatic heterocycles. The van der Waals surface area contributed by atoms with Crippen LogP contribution in [0.1, 0.15) is 40.8 Å². The van der Waals surface area contributed by atoms with Crippen LogP contribution in [0.3, 0.4) is 0 Å². The predicted octanol–water partition coefficient (Wildman–Crippen LogP) is 3.23.